The molecular formula is C32H26O2S. The summed E-state index contributed by atoms with van der Waals surface area (Å²) in [5, 5.41) is 5.42. The number of hydrogen-bond acceptors (Lipinski definition) is 3. The molecule has 0 radical (unpaired) electrons. The van der Waals surface area contributed by atoms with Crippen LogP contribution in [0.2, 0.25) is 0 Å². The van der Waals surface area contributed by atoms with Crippen molar-refractivity contribution in [3.05, 3.63) is 107 Å². The van der Waals surface area contributed by atoms with Crippen molar-refractivity contribution >= 4 is 54.3 Å². The minimum absolute atomic E-state index is 0.388. The van der Waals surface area contributed by atoms with E-state index in [0.717, 1.165) is 31.2 Å². The van der Waals surface area contributed by atoms with Crippen LogP contribution in [-0.2, 0) is 24.1 Å². The number of hydrogen-bond donors (Lipinski definition) is 0. The van der Waals surface area contributed by atoms with E-state index >= 15 is 0 Å². The summed E-state index contributed by atoms with van der Waals surface area (Å²) in [5.41, 5.74) is 5.78. The van der Waals surface area contributed by atoms with E-state index in [4.69, 9.17) is 4.74 Å². The summed E-state index contributed by atoms with van der Waals surface area (Å²) in [5.74, 6) is 0.181. The van der Waals surface area contributed by atoms with Gasteiger partial charge in [-0.15, -0.1) is 11.3 Å². The number of allylic oxidation sites excluding steroid dienone is 1. The molecule has 4 aromatic carbocycles. The third-order valence-electron chi connectivity index (χ3n) is 6.84. The Morgan fingerprint density at radius 2 is 1.89 bits per heavy atom. The third kappa shape index (κ3) is 3.96. The van der Waals surface area contributed by atoms with Crippen LogP contribution in [0.25, 0.3) is 37.0 Å². The van der Waals surface area contributed by atoms with Crippen LogP contribution in [0, 0.1) is 0 Å². The first-order valence-electron chi connectivity index (χ1n) is 12.1. The fourth-order valence-electron chi connectivity index (χ4n) is 5.12. The highest BCUT2D eigenvalue weighted by Crippen LogP contribution is 2.44. The van der Waals surface area contributed by atoms with Crippen LogP contribution in [0.3, 0.4) is 0 Å². The lowest BCUT2D eigenvalue weighted by Gasteiger charge is -2.13. The molecule has 1 aliphatic rings. The molecule has 0 unspecified atom stereocenters. The molecule has 6 rings (SSSR count). The SMILES string of the molecule is C=C(C)C(=O)Oc1cccc(CCc2cc3ccccc3c3c2sc2ccc4c(c23)C=CCC4)c1. The molecule has 5 aromatic rings. The molecule has 0 bridgehead atoms. The Labute approximate surface area is 209 Å². The van der Waals surface area contributed by atoms with E-state index in [1.165, 1.54) is 47.6 Å². The molecular weight excluding hydrogens is 448 g/mol. The van der Waals surface area contributed by atoms with Crippen molar-refractivity contribution in [2.24, 2.45) is 0 Å². The Morgan fingerprint density at radius 1 is 1.00 bits per heavy atom. The fraction of sp³-hybridized carbons (Fsp3) is 0.156. The van der Waals surface area contributed by atoms with Crippen molar-refractivity contribution in [3.8, 4) is 5.75 Å². The van der Waals surface area contributed by atoms with Gasteiger partial charge in [-0.1, -0.05) is 61.2 Å². The molecule has 3 heteroatoms. The quantitative estimate of drug-likeness (QED) is 0.145. The van der Waals surface area contributed by atoms with E-state index in [1.807, 2.05) is 29.5 Å². The number of aryl methyl sites for hydroxylation is 3. The smallest absolute Gasteiger partial charge is 0.338 e. The molecule has 1 aromatic heterocycles. The van der Waals surface area contributed by atoms with Crippen LogP contribution in [-0.4, -0.2) is 5.97 Å². The molecule has 0 saturated heterocycles. The van der Waals surface area contributed by atoms with Crippen LogP contribution >= 0.6 is 11.3 Å². The maximum Gasteiger partial charge on any atom is 0.338 e. The minimum atomic E-state index is -0.388. The van der Waals surface area contributed by atoms with Crippen LogP contribution in [0.5, 0.6) is 5.75 Å². The van der Waals surface area contributed by atoms with Crippen molar-refractivity contribution in [1.29, 1.82) is 0 Å². The second-order valence-electron chi connectivity index (χ2n) is 9.33. The van der Waals surface area contributed by atoms with Gasteiger partial charge in [0, 0.05) is 25.7 Å². The van der Waals surface area contributed by atoms with Crippen LogP contribution < -0.4 is 4.74 Å². The van der Waals surface area contributed by atoms with Crippen LogP contribution in [0.1, 0.15) is 35.6 Å². The Kier molecular flexibility index (Phi) is 5.50. The molecule has 172 valence electrons. The lowest BCUT2D eigenvalue weighted by Crippen LogP contribution is -2.08. The van der Waals surface area contributed by atoms with Gasteiger partial charge in [0.25, 0.3) is 0 Å². The van der Waals surface area contributed by atoms with Gasteiger partial charge < -0.3 is 4.74 Å². The molecule has 1 aliphatic carbocycles. The zero-order chi connectivity index (χ0) is 23.9. The van der Waals surface area contributed by atoms with Gasteiger partial charge in [-0.25, -0.2) is 4.79 Å². The second kappa shape index (κ2) is 8.83. The van der Waals surface area contributed by atoms with Gasteiger partial charge in [0.1, 0.15) is 5.75 Å². The lowest BCUT2D eigenvalue weighted by molar-refractivity contribution is -0.130. The topological polar surface area (TPSA) is 26.3 Å². The highest BCUT2D eigenvalue weighted by atomic mass is 32.1. The third-order valence-corrected chi connectivity index (χ3v) is 8.07. The first kappa shape index (κ1) is 21.8. The molecule has 0 saturated carbocycles. The monoisotopic (exact) mass is 474 g/mol. The van der Waals surface area contributed by atoms with Gasteiger partial charge in [0.2, 0.25) is 0 Å². The summed E-state index contributed by atoms with van der Waals surface area (Å²) in [6.45, 7) is 5.33. The van der Waals surface area contributed by atoms with E-state index in [9.17, 15) is 4.79 Å². The van der Waals surface area contributed by atoms with Gasteiger partial charge in [-0.2, -0.15) is 0 Å². The molecule has 0 fully saturated rings. The average Bonchev–Trinajstić information content (AvgIpc) is 3.28. The molecule has 0 atom stereocenters. The molecule has 35 heavy (non-hydrogen) atoms. The second-order valence-corrected chi connectivity index (χ2v) is 10.4. The summed E-state index contributed by atoms with van der Waals surface area (Å²) >= 11 is 1.91. The maximum atomic E-state index is 11.9. The number of esters is 1. The fourth-order valence-corrected chi connectivity index (χ4v) is 6.39. The Morgan fingerprint density at radius 3 is 2.77 bits per heavy atom. The van der Waals surface area contributed by atoms with Crippen molar-refractivity contribution < 1.29 is 9.53 Å². The molecule has 0 aliphatic heterocycles. The lowest BCUT2D eigenvalue weighted by atomic mass is 9.91. The zero-order valence-corrected chi connectivity index (χ0v) is 20.6. The average molecular weight is 475 g/mol. The molecule has 0 N–H and O–H groups in total. The van der Waals surface area contributed by atoms with E-state index in [2.05, 4.69) is 67.3 Å². The summed E-state index contributed by atoms with van der Waals surface area (Å²) in [4.78, 5) is 11.9. The zero-order valence-electron chi connectivity index (χ0n) is 19.8. The van der Waals surface area contributed by atoms with Gasteiger partial charge in [-0.3, -0.25) is 0 Å². The van der Waals surface area contributed by atoms with E-state index < -0.39 is 0 Å². The van der Waals surface area contributed by atoms with Crippen molar-refractivity contribution in [3.63, 3.8) is 0 Å². The number of benzene rings is 4. The number of rotatable bonds is 5. The number of fused-ring (bicyclic) bond motifs is 7. The molecule has 2 nitrogen and oxygen atoms in total. The summed E-state index contributed by atoms with van der Waals surface area (Å²) in [6.07, 6.45) is 8.66. The van der Waals surface area contributed by atoms with Gasteiger partial charge in [0.05, 0.1) is 0 Å². The normalized spacial score (nSPS) is 12.8. The number of thiophene rings is 1. The molecule has 1 heterocycles. The van der Waals surface area contributed by atoms with Crippen molar-refractivity contribution in [2.75, 3.05) is 0 Å². The predicted molar refractivity (Wildman–Crippen MR) is 148 cm³/mol. The highest BCUT2D eigenvalue weighted by molar-refractivity contribution is 7.26. The van der Waals surface area contributed by atoms with Crippen molar-refractivity contribution in [2.45, 2.75) is 32.6 Å². The summed E-state index contributed by atoms with van der Waals surface area (Å²) < 4.78 is 8.19. The predicted octanol–water partition coefficient (Wildman–Crippen LogP) is 8.43. The molecule has 0 amide bonds. The number of ether oxygens (including phenoxy) is 1. The standard InChI is InChI=1S/C32H26O2S/c1-20(2)32(33)34-25-11-7-8-21(18-25)14-15-24-19-23-10-4-6-13-27(23)30-29-26-12-5-3-9-22(26)16-17-28(29)35-31(24)30/h4-8,10-13,16-19H,1,3,9,14-15H2,2H3. The van der Waals surface area contributed by atoms with Gasteiger partial charge in [0.15, 0.2) is 0 Å². The maximum absolute atomic E-state index is 11.9. The van der Waals surface area contributed by atoms with E-state index in [1.54, 1.807) is 6.92 Å². The Bertz CT molecular complexity index is 1670. The summed E-state index contributed by atoms with van der Waals surface area (Å²) in [7, 11) is 0. The van der Waals surface area contributed by atoms with Crippen LogP contribution in [0.4, 0.5) is 0 Å². The van der Waals surface area contributed by atoms with Gasteiger partial charge >= 0.3 is 5.97 Å². The minimum Gasteiger partial charge on any atom is -0.423 e. The number of carbonyl (C=O) groups excluding carboxylic acids is 1. The molecule has 0 spiro atoms. The highest BCUT2D eigenvalue weighted by Gasteiger charge is 2.18. The van der Waals surface area contributed by atoms with Crippen LogP contribution in [0.15, 0.2) is 85.0 Å². The van der Waals surface area contributed by atoms with E-state index in [0.29, 0.717) is 11.3 Å². The van der Waals surface area contributed by atoms with Gasteiger partial charge in [-0.05, 0) is 89.9 Å². The largest absolute Gasteiger partial charge is 0.423 e. The van der Waals surface area contributed by atoms with E-state index in [-0.39, 0.29) is 5.97 Å². The number of carbonyl (C=O) groups is 1. The summed E-state index contributed by atoms with van der Waals surface area (Å²) in [6, 6.07) is 23.6. The Hall–Kier alpha value is -3.69. The first-order chi connectivity index (χ1) is 17.1. The Balaban J connectivity index is 1.44. The van der Waals surface area contributed by atoms with Crippen molar-refractivity contribution in [1.82, 2.24) is 0 Å². The first-order valence-corrected chi connectivity index (χ1v) is 12.9.